The van der Waals surface area contributed by atoms with Crippen molar-refractivity contribution in [3.8, 4) is 5.75 Å². The Morgan fingerprint density at radius 1 is 1.08 bits per heavy atom. The van der Waals surface area contributed by atoms with Gasteiger partial charge in [0.2, 0.25) is 0 Å². The second-order valence-electron chi connectivity index (χ2n) is 6.00. The molecule has 1 amide bonds. The first kappa shape index (κ1) is 16.5. The van der Waals surface area contributed by atoms with Crippen molar-refractivity contribution < 1.29 is 9.53 Å². The Balaban J connectivity index is 1.69. The minimum Gasteiger partial charge on any atom is -0.483 e. The van der Waals surface area contributed by atoms with Crippen molar-refractivity contribution in [3.05, 3.63) is 52.6 Å². The van der Waals surface area contributed by atoms with Crippen molar-refractivity contribution in [2.45, 2.75) is 27.7 Å². The number of aryl methyl sites for hydroxylation is 4. The monoisotopic (exact) mass is 340 g/mol. The largest absolute Gasteiger partial charge is 0.483 e. The van der Waals surface area contributed by atoms with Gasteiger partial charge in [-0.25, -0.2) is 4.98 Å². The molecule has 0 aliphatic carbocycles. The van der Waals surface area contributed by atoms with Crippen molar-refractivity contribution in [2.24, 2.45) is 0 Å². The molecule has 0 saturated carbocycles. The molecule has 4 nitrogen and oxygen atoms in total. The van der Waals surface area contributed by atoms with Crippen LogP contribution in [-0.2, 0) is 4.79 Å². The summed E-state index contributed by atoms with van der Waals surface area (Å²) in [7, 11) is 0. The Morgan fingerprint density at radius 2 is 1.83 bits per heavy atom. The molecule has 1 N–H and O–H groups in total. The lowest BCUT2D eigenvalue weighted by Gasteiger charge is -2.09. The number of ether oxygens (including phenoxy) is 1. The number of amides is 1. The number of nitrogens with one attached hydrogen (secondary N) is 1. The maximum Gasteiger partial charge on any atom is 0.264 e. The average Bonchev–Trinajstić information content (AvgIpc) is 2.95. The fraction of sp³-hybridized carbons (Fsp3) is 0.263. The van der Waals surface area contributed by atoms with Crippen molar-refractivity contribution in [3.63, 3.8) is 0 Å². The number of fused-ring (bicyclic) bond motifs is 1. The lowest BCUT2D eigenvalue weighted by molar-refractivity contribution is -0.118. The Labute approximate surface area is 145 Å². The predicted molar refractivity (Wildman–Crippen MR) is 99.1 cm³/mol. The summed E-state index contributed by atoms with van der Waals surface area (Å²) in [6, 6.07) is 10.0. The predicted octanol–water partition coefficient (Wildman–Crippen LogP) is 4.55. The molecular weight excluding hydrogens is 320 g/mol. The molecule has 3 rings (SSSR count). The molecule has 1 heterocycles. The average molecular weight is 340 g/mol. The van der Waals surface area contributed by atoms with Crippen molar-refractivity contribution in [2.75, 3.05) is 11.9 Å². The number of benzene rings is 2. The van der Waals surface area contributed by atoms with E-state index in [-0.39, 0.29) is 12.5 Å². The number of anilines is 1. The van der Waals surface area contributed by atoms with E-state index >= 15 is 0 Å². The fourth-order valence-corrected chi connectivity index (χ4v) is 3.60. The molecule has 0 bridgehead atoms. The van der Waals surface area contributed by atoms with Gasteiger partial charge in [-0.1, -0.05) is 41.2 Å². The van der Waals surface area contributed by atoms with Crippen LogP contribution in [0.4, 0.5) is 5.13 Å². The molecule has 24 heavy (non-hydrogen) atoms. The van der Waals surface area contributed by atoms with Gasteiger partial charge in [0.15, 0.2) is 11.7 Å². The molecule has 5 heteroatoms. The third kappa shape index (κ3) is 3.41. The highest BCUT2D eigenvalue weighted by molar-refractivity contribution is 7.22. The van der Waals surface area contributed by atoms with Gasteiger partial charge in [0, 0.05) is 0 Å². The number of rotatable bonds is 4. The fourth-order valence-electron chi connectivity index (χ4n) is 2.57. The zero-order chi connectivity index (χ0) is 17.3. The van der Waals surface area contributed by atoms with Crippen LogP contribution < -0.4 is 10.1 Å². The Hall–Kier alpha value is -2.40. The Kier molecular flexibility index (Phi) is 4.53. The maximum absolute atomic E-state index is 12.1. The molecule has 1 aromatic heterocycles. The lowest BCUT2D eigenvalue weighted by atomic mass is 10.1. The van der Waals surface area contributed by atoms with E-state index in [0.29, 0.717) is 5.13 Å². The second kappa shape index (κ2) is 6.61. The zero-order valence-electron chi connectivity index (χ0n) is 14.3. The van der Waals surface area contributed by atoms with E-state index in [1.807, 2.05) is 45.0 Å². The molecule has 0 spiro atoms. The summed E-state index contributed by atoms with van der Waals surface area (Å²) < 4.78 is 6.72. The van der Waals surface area contributed by atoms with Crippen LogP contribution >= 0.6 is 11.3 Å². The lowest BCUT2D eigenvalue weighted by Crippen LogP contribution is -2.20. The summed E-state index contributed by atoms with van der Waals surface area (Å²) in [6.07, 6.45) is 0. The third-order valence-electron chi connectivity index (χ3n) is 3.88. The number of carbonyl (C=O) groups is 1. The summed E-state index contributed by atoms with van der Waals surface area (Å²) in [5, 5.41) is 3.44. The number of carbonyl (C=O) groups excluding carboxylic acids is 1. The van der Waals surface area contributed by atoms with Crippen molar-refractivity contribution in [1.29, 1.82) is 0 Å². The second-order valence-corrected chi connectivity index (χ2v) is 7.00. The Morgan fingerprint density at radius 3 is 2.54 bits per heavy atom. The molecular formula is C19H20N2O2S. The number of aromatic nitrogens is 1. The summed E-state index contributed by atoms with van der Waals surface area (Å²) in [5.74, 6) is 0.524. The summed E-state index contributed by atoms with van der Waals surface area (Å²) >= 11 is 1.49. The highest BCUT2D eigenvalue weighted by Crippen LogP contribution is 2.30. The molecule has 3 aromatic rings. The minimum absolute atomic E-state index is 0.0300. The van der Waals surface area contributed by atoms with Crippen LogP contribution in [0.3, 0.4) is 0 Å². The van der Waals surface area contributed by atoms with E-state index in [1.54, 1.807) is 0 Å². The molecule has 0 radical (unpaired) electrons. The van der Waals surface area contributed by atoms with Gasteiger partial charge < -0.3 is 4.74 Å². The first-order chi connectivity index (χ1) is 11.4. The van der Waals surface area contributed by atoms with Crippen LogP contribution in [0.2, 0.25) is 0 Å². The standard InChI is InChI=1S/C19H20N2O2S/c1-11-5-8-15(14(4)9-11)23-10-16(22)20-19-21-17-12(2)6-7-13(3)18(17)24-19/h5-9H,10H2,1-4H3,(H,20,21,22). The molecule has 2 aromatic carbocycles. The topological polar surface area (TPSA) is 51.2 Å². The van der Waals surface area contributed by atoms with Gasteiger partial charge in [-0.2, -0.15) is 0 Å². The summed E-state index contributed by atoms with van der Waals surface area (Å²) in [6.45, 7) is 8.04. The van der Waals surface area contributed by atoms with Crippen LogP contribution in [0.1, 0.15) is 22.3 Å². The molecule has 0 unspecified atom stereocenters. The van der Waals surface area contributed by atoms with Gasteiger partial charge in [-0.15, -0.1) is 0 Å². The first-order valence-electron chi connectivity index (χ1n) is 7.80. The van der Waals surface area contributed by atoms with Gasteiger partial charge >= 0.3 is 0 Å². The van der Waals surface area contributed by atoms with E-state index in [2.05, 4.69) is 23.3 Å². The molecule has 0 aliphatic rings. The smallest absolute Gasteiger partial charge is 0.264 e. The third-order valence-corrected chi connectivity index (χ3v) is 4.98. The normalized spacial score (nSPS) is 10.8. The van der Waals surface area contributed by atoms with Crippen LogP contribution in [0.25, 0.3) is 10.2 Å². The van der Waals surface area contributed by atoms with E-state index < -0.39 is 0 Å². The number of hydrogen-bond donors (Lipinski definition) is 1. The molecule has 0 saturated heterocycles. The number of thiazole rings is 1. The maximum atomic E-state index is 12.1. The highest BCUT2D eigenvalue weighted by atomic mass is 32.1. The van der Waals surface area contributed by atoms with Crippen LogP contribution in [0.5, 0.6) is 5.75 Å². The quantitative estimate of drug-likeness (QED) is 0.758. The zero-order valence-corrected chi connectivity index (χ0v) is 15.1. The van der Waals surface area contributed by atoms with Gasteiger partial charge in [0.05, 0.1) is 10.2 Å². The molecule has 0 atom stereocenters. The summed E-state index contributed by atoms with van der Waals surface area (Å²) in [5.41, 5.74) is 5.42. The SMILES string of the molecule is Cc1ccc(OCC(=O)Nc2nc3c(C)ccc(C)c3s2)c(C)c1. The summed E-state index contributed by atoms with van der Waals surface area (Å²) in [4.78, 5) is 16.7. The van der Waals surface area contributed by atoms with Crippen molar-refractivity contribution in [1.82, 2.24) is 4.98 Å². The molecule has 0 fully saturated rings. The number of hydrogen-bond acceptors (Lipinski definition) is 4. The van der Waals surface area contributed by atoms with Gasteiger partial charge in [-0.05, 0) is 50.5 Å². The molecule has 124 valence electrons. The van der Waals surface area contributed by atoms with E-state index in [4.69, 9.17) is 4.74 Å². The molecule has 0 aliphatic heterocycles. The first-order valence-corrected chi connectivity index (χ1v) is 8.62. The van der Waals surface area contributed by atoms with Crippen molar-refractivity contribution >= 4 is 32.6 Å². The van der Waals surface area contributed by atoms with Crippen LogP contribution in [0.15, 0.2) is 30.3 Å². The van der Waals surface area contributed by atoms with E-state index in [1.165, 1.54) is 22.5 Å². The number of nitrogens with zero attached hydrogens (tertiary/aromatic N) is 1. The van der Waals surface area contributed by atoms with Gasteiger partial charge in [0.25, 0.3) is 5.91 Å². The highest BCUT2D eigenvalue weighted by Gasteiger charge is 2.12. The van der Waals surface area contributed by atoms with Crippen LogP contribution in [-0.4, -0.2) is 17.5 Å². The van der Waals surface area contributed by atoms with Gasteiger partial charge in [-0.3, -0.25) is 10.1 Å². The van der Waals surface area contributed by atoms with Gasteiger partial charge in [0.1, 0.15) is 5.75 Å². The van der Waals surface area contributed by atoms with E-state index in [0.717, 1.165) is 27.1 Å². The van der Waals surface area contributed by atoms with E-state index in [9.17, 15) is 4.79 Å². The Bertz CT molecular complexity index is 876. The minimum atomic E-state index is -0.204. The van der Waals surface area contributed by atoms with Crippen LogP contribution in [0, 0.1) is 27.7 Å².